The van der Waals surface area contributed by atoms with E-state index in [9.17, 15) is 0 Å². The third-order valence-electron chi connectivity index (χ3n) is 3.69. The van der Waals surface area contributed by atoms with E-state index >= 15 is 0 Å². The van der Waals surface area contributed by atoms with E-state index in [-0.39, 0.29) is 5.54 Å². The van der Waals surface area contributed by atoms with Gasteiger partial charge >= 0.3 is 0 Å². The molecule has 3 rings (SSSR count). The molecule has 1 aliphatic rings. The van der Waals surface area contributed by atoms with Gasteiger partial charge in [-0.15, -0.1) is 0 Å². The lowest BCUT2D eigenvalue weighted by Crippen LogP contribution is -2.35. The van der Waals surface area contributed by atoms with Crippen LogP contribution in [0.5, 0.6) is 0 Å². The molecule has 0 bridgehead atoms. The summed E-state index contributed by atoms with van der Waals surface area (Å²) in [6, 6.07) is 8.65. The van der Waals surface area contributed by atoms with E-state index in [1.54, 1.807) is 7.11 Å². The van der Waals surface area contributed by atoms with Crippen molar-refractivity contribution in [3.8, 4) is 0 Å². The Morgan fingerprint density at radius 3 is 2.65 bits per heavy atom. The predicted octanol–water partition coefficient (Wildman–Crippen LogP) is 2.70. The minimum atomic E-state index is 0.0434. The van der Waals surface area contributed by atoms with Crippen molar-refractivity contribution < 1.29 is 4.74 Å². The maximum atomic E-state index is 5.05. The van der Waals surface area contributed by atoms with Gasteiger partial charge in [-0.1, -0.05) is 24.3 Å². The average molecular weight is 289 g/mol. The molecular formula is C15H19N3OS. The first-order valence-electron chi connectivity index (χ1n) is 6.85. The SMILES string of the molecule is COCCc1nsc(NC2(C)Cc3ccccc3C2)n1. The molecule has 0 amide bonds. The summed E-state index contributed by atoms with van der Waals surface area (Å²) in [6.45, 7) is 2.92. The van der Waals surface area contributed by atoms with Crippen molar-refractivity contribution in [3.05, 3.63) is 41.2 Å². The molecule has 4 nitrogen and oxygen atoms in total. The maximum Gasteiger partial charge on any atom is 0.203 e. The second kappa shape index (κ2) is 5.50. The summed E-state index contributed by atoms with van der Waals surface area (Å²) in [4.78, 5) is 4.54. The van der Waals surface area contributed by atoms with Gasteiger partial charge in [0.1, 0.15) is 5.82 Å². The third kappa shape index (κ3) is 2.83. The molecule has 5 heteroatoms. The van der Waals surface area contributed by atoms with Crippen LogP contribution < -0.4 is 5.32 Å². The van der Waals surface area contributed by atoms with E-state index in [0.717, 1.165) is 30.2 Å². The quantitative estimate of drug-likeness (QED) is 0.919. The van der Waals surface area contributed by atoms with Crippen LogP contribution in [0, 0.1) is 0 Å². The van der Waals surface area contributed by atoms with Gasteiger partial charge in [0.05, 0.1) is 6.61 Å². The number of fused-ring (bicyclic) bond motifs is 1. The van der Waals surface area contributed by atoms with Crippen molar-refractivity contribution in [2.45, 2.75) is 31.7 Å². The van der Waals surface area contributed by atoms with E-state index < -0.39 is 0 Å². The number of hydrogen-bond acceptors (Lipinski definition) is 5. The second-order valence-electron chi connectivity index (χ2n) is 5.57. The van der Waals surface area contributed by atoms with Crippen LogP contribution in [-0.2, 0) is 24.0 Å². The Morgan fingerprint density at radius 1 is 1.30 bits per heavy atom. The van der Waals surface area contributed by atoms with E-state index in [1.807, 2.05) is 0 Å². The summed E-state index contributed by atoms with van der Waals surface area (Å²) in [5, 5.41) is 4.47. The molecule has 0 saturated carbocycles. The lowest BCUT2D eigenvalue weighted by atomic mass is 9.99. The van der Waals surface area contributed by atoms with Gasteiger partial charge in [-0.2, -0.15) is 4.37 Å². The van der Waals surface area contributed by atoms with Crippen LogP contribution in [0.25, 0.3) is 0 Å². The Morgan fingerprint density at radius 2 is 2.00 bits per heavy atom. The highest BCUT2D eigenvalue weighted by molar-refractivity contribution is 7.09. The number of hydrogen-bond donors (Lipinski definition) is 1. The summed E-state index contributed by atoms with van der Waals surface area (Å²) in [6.07, 6.45) is 2.85. The molecule has 0 saturated heterocycles. The highest BCUT2D eigenvalue weighted by atomic mass is 32.1. The Bertz CT molecular complexity index is 571. The van der Waals surface area contributed by atoms with Crippen LogP contribution in [0.15, 0.2) is 24.3 Å². The van der Waals surface area contributed by atoms with Gasteiger partial charge in [-0.05, 0) is 30.9 Å². The second-order valence-corrected chi connectivity index (χ2v) is 6.32. The van der Waals surface area contributed by atoms with Crippen molar-refractivity contribution in [2.24, 2.45) is 0 Å². The van der Waals surface area contributed by atoms with Crippen molar-refractivity contribution in [3.63, 3.8) is 0 Å². The molecule has 0 spiro atoms. The van der Waals surface area contributed by atoms with E-state index in [4.69, 9.17) is 4.74 Å². The minimum Gasteiger partial charge on any atom is -0.384 e. The first-order valence-corrected chi connectivity index (χ1v) is 7.62. The van der Waals surface area contributed by atoms with Crippen LogP contribution in [-0.4, -0.2) is 28.6 Å². The summed E-state index contributed by atoms with van der Waals surface area (Å²) in [7, 11) is 1.70. The zero-order chi connectivity index (χ0) is 14.0. The summed E-state index contributed by atoms with van der Waals surface area (Å²) in [5.41, 5.74) is 2.92. The molecule has 1 aromatic heterocycles. The van der Waals surface area contributed by atoms with Crippen LogP contribution >= 0.6 is 11.5 Å². The van der Waals surface area contributed by atoms with Crippen molar-refractivity contribution in [1.29, 1.82) is 0 Å². The van der Waals surface area contributed by atoms with Crippen LogP contribution in [0.3, 0.4) is 0 Å². The normalized spacial score (nSPS) is 16.1. The highest BCUT2D eigenvalue weighted by Gasteiger charge is 2.33. The Balaban J connectivity index is 1.68. The van der Waals surface area contributed by atoms with Gasteiger partial charge in [0.2, 0.25) is 5.13 Å². The molecule has 0 atom stereocenters. The van der Waals surface area contributed by atoms with Crippen LogP contribution in [0.2, 0.25) is 0 Å². The number of anilines is 1. The summed E-state index contributed by atoms with van der Waals surface area (Å²) < 4.78 is 9.42. The summed E-state index contributed by atoms with van der Waals surface area (Å²) >= 11 is 1.44. The van der Waals surface area contributed by atoms with Crippen LogP contribution in [0.4, 0.5) is 5.13 Å². The van der Waals surface area contributed by atoms with E-state index in [2.05, 4.69) is 45.9 Å². The Labute approximate surface area is 123 Å². The Kier molecular flexibility index (Phi) is 3.72. The molecule has 0 aliphatic heterocycles. The van der Waals surface area contributed by atoms with Crippen molar-refractivity contribution >= 4 is 16.7 Å². The fourth-order valence-corrected chi connectivity index (χ4v) is 3.51. The predicted molar refractivity (Wildman–Crippen MR) is 81.4 cm³/mol. The number of nitrogens with one attached hydrogen (secondary N) is 1. The maximum absolute atomic E-state index is 5.05. The fourth-order valence-electron chi connectivity index (χ4n) is 2.75. The van der Waals surface area contributed by atoms with Crippen molar-refractivity contribution in [1.82, 2.24) is 9.36 Å². The minimum absolute atomic E-state index is 0.0434. The first-order chi connectivity index (χ1) is 9.68. The molecule has 20 heavy (non-hydrogen) atoms. The van der Waals surface area contributed by atoms with Gasteiger partial charge in [-0.3, -0.25) is 0 Å². The van der Waals surface area contributed by atoms with E-state index in [0.29, 0.717) is 6.61 Å². The average Bonchev–Trinajstić information content (AvgIpc) is 2.99. The van der Waals surface area contributed by atoms with Crippen molar-refractivity contribution in [2.75, 3.05) is 19.0 Å². The molecule has 0 radical (unpaired) electrons. The van der Waals surface area contributed by atoms with E-state index in [1.165, 1.54) is 22.7 Å². The van der Waals surface area contributed by atoms with Gasteiger partial charge < -0.3 is 10.1 Å². The largest absolute Gasteiger partial charge is 0.384 e. The molecule has 0 fully saturated rings. The van der Waals surface area contributed by atoms with Gasteiger partial charge in [0.25, 0.3) is 0 Å². The number of ether oxygens (including phenoxy) is 1. The number of methoxy groups -OCH3 is 1. The molecule has 1 heterocycles. The van der Waals surface area contributed by atoms with Gasteiger partial charge in [-0.25, -0.2) is 4.98 Å². The monoisotopic (exact) mass is 289 g/mol. The molecule has 1 N–H and O–H groups in total. The summed E-state index contributed by atoms with van der Waals surface area (Å²) in [5.74, 6) is 0.860. The number of benzene rings is 1. The first kappa shape index (κ1) is 13.5. The lowest BCUT2D eigenvalue weighted by molar-refractivity contribution is 0.201. The topological polar surface area (TPSA) is 47.0 Å². The molecule has 106 valence electrons. The van der Waals surface area contributed by atoms with Crippen LogP contribution in [0.1, 0.15) is 23.9 Å². The number of aromatic nitrogens is 2. The number of nitrogens with zero attached hydrogens (tertiary/aromatic N) is 2. The smallest absolute Gasteiger partial charge is 0.203 e. The fraction of sp³-hybridized carbons (Fsp3) is 0.467. The molecular weight excluding hydrogens is 270 g/mol. The molecule has 0 unspecified atom stereocenters. The Hall–Kier alpha value is -1.46. The lowest BCUT2D eigenvalue weighted by Gasteiger charge is -2.24. The highest BCUT2D eigenvalue weighted by Crippen LogP contribution is 2.32. The third-order valence-corrected chi connectivity index (χ3v) is 4.35. The van der Waals surface area contributed by atoms with Gasteiger partial charge in [0.15, 0.2) is 0 Å². The number of rotatable bonds is 5. The molecule has 1 aromatic carbocycles. The zero-order valence-electron chi connectivity index (χ0n) is 11.8. The molecule has 1 aliphatic carbocycles. The zero-order valence-corrected chi connectivity index (χ0v) is 12.7. The molecule has 2 aromatic rings. The standard InChI is InChI=1S/C15H19N3OS/c1-15(9-11-5-3-4-6-12(11)10-15)17-14-16-13(18-20-14)7-8-19-2/h3-6H,7-10H2,1-2H3,(H,16,17,18). The van der Waals surface area contributed by atoms with Gasteiger partial charge in [0, 0.05) is 30.6 Å².